The minimum atomic E-state index is -0.157. The van der Waals surface area contributed by atoms with Gasteiger partial charge in [-0.05, 0) is 53.1 Å². The quantitative estimate of drug-likeness (QED) is 0.560. The van der Waals surface area contributed by atoms with Gasteiger partial charge in [0.05, 0.1) is 3.57 Å². The molecule has 0 radical (unpaired) electrons. The number of aromatic hydroxyl groups is 1. The largest absolute Gasteiger partial charge is 0.507 e. The molecule has 100 valence electrons. The molecule has 1 unspecified atom stereocenters. The lowest BCUT2D eigenvalue weighted by Gasteiger charge is -2.13. The van der Waals surface area contributed by atoms with E-state index in [0.29, 0.717) is 18.0 Å². The third-order valence-corrected chi connectivity index (χ3v) is 4.03. The first-order chi connectivity index (χ1) is 8.40. The normalized spacial score (nSPS) is 12.5. The smallest absolute Gasteiger partial charge is 0.251 e. The van der Waals surface area contributed by atoms with Crippen molar-refractivity contribution in [1.29, 1.82) is 0 Å². The maximum Gasteiger partial charge on any atom is 0.251 e. The van der Waals surface area contributed by atoms with Crippen LogP contribution < -0.4 is 5.32 Å². The van der Waals surface area contributed by atoms with Gasteiger partial charge in [-0.3, -0.25) is 4.79 Å². The van der Waals surface area contributed by atoms with Crippen LogP contribution in [-0.2, 0) is 0 Å². The molecular formula is C13H17BrINO2. The van der Waals surface area contributed by atoms with Crippen molar-refractivity contribution in [3.63, 3.8) is 0 Å². The van der Waals surface area contributed by atoms with E-state index >= 15 is 0 Å². The first-order valence-electron chi connectivity index (χ1n) is 5.81. The highest BCUT2D eigenvalue weighted by Gasteiger charge is 2.11. The van der Waals surface area contributed by atoms with E-state index in [2.05, 4.69) is 35.1 Å². The zero-order valence-corrected chi connectivity index (χ0v) is 14.2. The van der Waals surface area contributed by atoms with Crippen molar-refractivity contribution in [2.24, 2.45) is 5.92 Å². The third-order valence-electron chi connectivity index (χ3n) is 2.42. The minimum Gasteiger partial charge on any atom is -0.507 e. The fourth-order valence-electron chi connectivity index (χ4n) is 1.55. The second-order valence-electron chi connectivity index (χ2n) is 4.60. The predicted octanol–water partition coefficient (Wildman–Crippen LogP) is 3.54. The van der Waals surface area contributed by atoms with Crippen molar-refractivity contribution in [1.82, 2.24) is 5.32 Å². The molecule has 1 atom stereocenters. The maximum absolute atomic E-state index is 11.9. The Bertz CT molecular complexity index is 423. The summed E-state index contributed by atoms with van der Waals surface area (Å²) in [6.45, 7) is 4.88. The first-order valence-corrected chi connectivity index (χ1v) is 7.80. The molecule has 0 aromatic heterocycles. The maximum atomic E-state index is 11.9. The van der Waals surface area contributed by atoms with E-state index in [9.17, 15) is 9.90 Å². The number of benzene rings is 1. The SMILES string of the molecule is CC(C)CC(Br)CNC(=O)c1ccc(I)c(O)c1. The Hall–Kier alpha value is -0.300. The number of halogens is 2. The van der Waals surface area contributed by atoms with Gasteiger partial charge in [0.25, 0.3) is 5.91 Å². The molecule has 0 fully saturated rings. The zero-order valence-electron chi connectivity index (χ0n) is 10.4. The summed E-state index contributed by atoms with van der Waals surface area (Å²) in [6.07, 6.45) is 1.01. The topological polar surface area (TPSA) is 49.3 Å². The van der Waals surface area contributed by atoms with Crippen LogP contribution in [0.3, 0.4) is 0 Å². The lowest BCUT2D eigenvalue weighted by atomic mass is 10.1. The van der Waals surface area contributed by atoms with Crippen LogP contribution in [0.4, 0.5) is 0 Å². The molecule has 1 aromatic rings. The first kappa shape index (κ1) is 15.8. The number of phenols is 1. The van der Waals surface area contributed by atoms with E-state index in [4.69, 9.17) is 0 Å². The van der Waals surface area contributed by atoms with E-state index in [1.165, 1.54) is 6.07 Å². The molecule has 0 spiro atoms. The number of amides is 1. The molecule has 0 aliphatic rings. The average molecular weight is 426 g/mol. The summed E-state index contributed by atoms with van der Waals surface area (Å²) in [5.41, 5.74) is 0.483. The zero-order chi connectivity index (χ0) is 13.7. The fourth-order valence-corrected chi connectivity index (χ4v) is 2.80. The highest BCUT2D eigenvalue weighted by Crippen LogP contribution is 2.20. The Morgan fingerprint density at radius 3 is 2.72 bits per heavy atom. The summed E-state index contributed by atoms with van der Waals surface area (Å²) in [6, 6.07) is 4.93. The summed E-state index contributed by atoms with van der Waals surface area (Å²) < 4.78 is 0.738. The molecule has 0 bridgehead atoms. The van der Waals surface area contributed by atoms with Gasteiger partial charge >= 0.3 is 0 Å². The summed E-state index contributed by atoms with van der Waals surface area (Å²) >= 11 is 5.56. The van der Waals surface area contributed by atoms with Crippen LogP contribution in [0.5, 0.6) is 5.75 Å². The van der Waals surface area contributed by atoms with Gasteiger partial charge in [-0.25, -0.2) is 0 Å². The van der Waals surface area contributed by atoms with Crippen LogP contribution in [0.2, 0.25) is 0 Å². The number of phenolic OH excluding ortho intramolecular Hbond substituents is 1. The van der Waals surface area contributed by atoms with Gasteiger partial charge in [-0.2, -0.15) is 0 Å². The Morgan fingerprint density at radius 1 is 1.50 bits per heavy atom. The summed E-state index contributed by atoms with van der Waals surface area (Å²) in [4.78, 5) is 12.1. The molecule has 0 heterocycles. The highest BCUT2D eigenvalue weighted by molar-refractivity contribution is 14.1. The van der Waals surface area contributed by atoms with Gasteiger partial charge in [0.15, 0.2) is 0 Å². The summed E-state index contributed by atoms with van der Waals surface area (Å²) in [5, 5.41) is 12.4. The number of carbonyl (C=O) groups excluding carboxylic acids is 1. The molecule has 0 aliphatic carbocycles. The lowest BCUT2D eigenvalue weighted by Crippen LogP contribution is -2.30. The Morgan fingerprint density at radius 2 is 2.17 bits per heavy atom. The van der Waals surface area contributed by atoms with Crippen molar-refractivity contribution in [2.75, 3.05) is 6.54 Å². The van der Waals surface area contributed by atoms with Gasteiger partial charge in [0.1, 0.15) is 5.75 Å². The summed E-state index contributed by atoms with van der Waals surface area (Å²) in [5.74, 6) is 0.573. The highest BCUT2D eigenvalue weighted by atomic mass is 127. The van der Waals surface area contributed by atoms with Crippen molar-refractivity contribution in [3.8, 4) is 5.75 Å². The Labute approximate surface area is 130 Å². The molecule has 2 N–H and O–H groups in total. The van der Waals surface area contributed by atoms with Crippen LogP contribution in [0.1, 0.15) is 30.6 Å². The van der Waals surface area contributed by atoms with E-state index < -0.39 is 0 Å². The van der Waals surface area contributed by atoms with E-state index in [0.717, 1.165) is 9.99 Å². The number of alkyl halides is 1. The van der Waals surface area contributed by atoms with Crippen molar-refractivity contribution >= 4 is 44.4 Å². The van der Waals surface area contributed by atoms with Crippen LogP contribution >= 0.6 is 38.5 Å². The molecule has 18 heavy (non-hydrogen) atoms. The van der Waals surface area contributed by atoms with Crippen LogP contribution in [0.15, 0.2) is 18.2 Å². The molecule has 1 aromatic carbocycles. The fraction of sp³-hybridized carbons (Fsp3) is 0.462. The van der Waals surface area contributed by atoms with Crippen molar-refractivity contribution in [3.05, 3.63) is 27.3 Å². The van der Waals surface area contributed by atoms with E-state index in [-0.39, 0.29) is 16.5 Å². The van der Waals surface area contributed by atoms with Gasteiger partial charge < -0.3 is 10.4 Å². The van der Waals surface area contributed by atoms with E-state index in [1.54, 1.807) is 12.1 Å². The van der Waals surface area contributed by atoms with Gasteiger partial charge in [0, 0.05) is 16.9 Å². The number of nitrogens with one attached hydrogen (secondary N) is 1. The third kappa shape index (κ3) is 5.14. The number of carbonyl (C=O) groups is 1. The number of rotatable bonds is 5. The van der Waals surface area contributed by atoms with Crippen LogP contribution in [0.25, 0.3) is 0 Å². The predicted molar refractivity (Wildman–Crippen MR) is 85.3 cm³/mol. The molecule has 3 nitrogen and oxygen atoms in total. The molecule has 1 amide bonds. The second kappa shape index (κ2) is 7.33. The number of hydrogen-bond acceptors (Lipinski definition) is 2. The molecule has 0 saturated carbocycles. The second-order valence-corrected chi connectivity index (χ2v) is 7.06. The van der Waals surface area contributed by atoms with Crippen molar-refractivity contribution in [2.45, 2.75) is 25.1 Å². The number of hydrogen-bond donors (Lipinski definition) is 2. The molecule has 1 rings (SSSR count). The van der Waals surface area contributed by atoms with Gasteiger partial charge in [-0.15, -0.1) is 0 Å². The van der Waals surface area contributed by atoms with Crippen LogP contribution in [0, 0.1) is 9.49 Å². The molecule has 0 aliphatic heterocycles. The van der Waals surface area contributed by atoms with Crippen molar-refractivity contribution < 1.29 is 9.90 Å². The summed E-state index contributed by atoms with van der Waals surface area (Å²) in [7, 11) is 0. The lowest BCUT2D eigenvalue weighted by molar-refractivity contribution is 0.0953. The van der Waals surface area contributed by atoms with Crippen LogP contribution in [-0.4, -0.2) is 22.4 Å². The van der Waals surface area contributed by atoms with Gasteiger partial charge in [-0.1, -0.05) is 29.8 Å². The standard InChI is InChI=1S/C13H17BrINO2/c1-8(2)5-10(14)7-16-13(18)9-3-4-11(15)12(17)6-9/h3-4,6,8,10,17H,5,7H2,1-2H3,(H,16,18). The molecular weight excluding hydrogens is 409 g/mol. The average Bonchev–Trinajstić information content (AvgIpc) is 2.28. The Kier molecular flexibility index (Phi) is 6.42. The minimum absolute atomic E-state index is 0.140. The Balaban J connectivity index is 2.52. The van der Waals surface area contributed by atoms with E-state index in [1.807, 2.05) is 22.6 Å². The molecule has 0 saturated heterocycles. The van der Waals surface area contributed by atoms with Gasteiger partial charge in [0.2, 0.25) is 0 Å². The molecule has 5 heteroatoms. The monoisotopic (exact) mass is 425 g/mol.